The summed E-state index contributed by atoms with van der Waals surface area (Å²) in [6.07, 6.45) is -0.718. The van der Waals surface area contributed by atoms with Crippen molar-refractivity contribution < 1.29 is 9.84 Å². The first kappa shape index (κ1) is 14.6. The Morgan fingerprint density at radius 1 is 1.11 bits per heavy atom. The predicted molar refractivity (Wildman–Crippen MR) is 83.6 cm³/mol. The van der Waals surface area contributed by atoms with Crippen LogP contribution >= 0.6 is 31.9 Å². The summed E-state index contributed by atoms with van der Waals surface area (Å²) in [6, 6.07) is 11.4. The van der Waals surface area contributed by atoms with Crippen molar-refractivity contribution in [3.8, 4) is 5.75 Å². The molecule has 0 heterocycles. The maximum absolute atomic E-state index is 10.6. The maximum atomic E-state index is 10.6. The number of methoxy groups -OCH3 is 1. The summed E-state index contributed by atoms with van der Waals surface area (Å²) in [5.74, 6) is 0.676. The van der Waals surface area contributed by atoms with Crippen LogP contribution in [0.4, 0.5) is 0 Å². The summed E-state index contributed by atoms with van der Waals surface area (Å²) in [4.78, 5) is 0. The highest BCUT2D eigenvalue weighted by atomic mass is 79.9. The standard InChI is InChI=1S/C15H14Br2O2/c1-9-11(4-3-5-13(9)17)15(18)12-8-10(16)6-7-14(12)19-2/h3-8,15,18H,1-2H3. The van der Waals surface area contributed by atoms with Crippen molar-refractivity contribution >= 4 is 31.9 Å². The summed E-state index contributed by atoms with van der Waals surface area (Å²) < 4.78 is 7.22. The number of rotatable bonds is 3. The first-order valence-electron chi connectivity index (χ1n) is 5.81. The van der Waals surface area contributed by atoms with Gasteiger partial charge in [0.2, 0.25) is 0 Å². The summed E-state index contributed by atoms with van der Waals surface area (Å²) in [5, 5.41) is 10.6. The van der Waals surface area contributed by atoms with Crippen LogP contribution in [-0.4, -0.2) is 12.2 Å². The Morgan fingerprint density at radius 3 is 2.53 bits per heavy atom. The number of aliphatic hydroxyl groups excluding tert-OH is 1. The van der Waals surface area contributed by atoms with Gasteiger partial charge in [0.15, 0.2) is 0 Å². The predicted octanol–water partition coefficient (Wildman–Crippen LogP) is 4.61. The van der Waals surface area contributed by atoms with E-state index in [1.54, 1.807) is 7.11 Å². The lowest BCUT2D eigenvalue weighted by atomic mass is 9.97. The second-order valence-corrected chi connectivity index (χ2v) is 6.01. The molecule has 1 unspecified atom stereocenters. The average Bonchev–Trinajstić information content (AvgIpc) is 2.41. The Kier molecular flexibility index (Phi) is 4.66. The lowest BCUT2D eigenvalue weighted by Crippen LogP contribution is -2.04. The zero-order valence-corrected chi connectivity index (χ0v) is 13.8. The summed E-state index contributed by atoms with van der Waals surface area (Å²) in [6.45, 7) is 1.98. The minimum Gasteiger partial charge on any atom is -0.496 e. The third kappa shape index (κ3) is 3.02. The normalized spacial score (nSPS) is 12.3. The summed E-state index contributed by atoms with van der Waals surface area (Å²) in [7, 11) is 1.60. The van der Waals surface area contributed by atoms with Crippen LogP contribution in [0.25, 0.3) is 0 Å². The SMILES string of the molecule is COc1ccc(Br)cc1C(O)c1cccc(Br)c1C. The fourth-order valence-electron chi connectivity index (χ4n) is 2.01. The lowest BCUT2D eigenvalue weighted by molar-refractivity contribution is 0.214. The van der Waals surface area contributed by atoms with Gasteiger partial charge in [-0.05, 0) is 42.3 Å². The van der Waals surface area contributed by atoms with Gasteiger partial charge >= 0.3 is 0 Å². The second kappa shape index (κ2) is 6.07. The van der Waals surface area contributed by atoms with Crippen LogP contribution in [-0.2, 0) is 0 Å². The van der Waals surface area contributed by atoms with Gasteiger partial charge in [-0.15, -0.1) is 0 Å². The molecule has 0 amide bonds. The number of hydrogen-bond acceptors (Lipinski definition) is 2. The van der Waals surface area contributed by atoms with Gasteiger partial charge in [-0.25, -0.2) is 0 Å². The Balaban J connectivity index is 2.52. The molecule has 1 N–H and O–H groups in total. The van der Waals surface area contributed by atoms with Crippen LogP contribution in [0.3, 0.4) is 0 Å². The van der Waals surface area contributed by atoms with Crippen LogP contribution in [0.15, 0.2) is 45.3 Å². The number of halogens is 2. The van der Waals surface area contributed by atoms with Gasteiger partial charge in [0.25, 0.3) is 0 Å². The van der Waals surface area contributed by atoms with E-state index in [1.807, 2.05) is 43.3 Å². The quantitative estimate of drug-likeness (QED) is 0.835. The Labute approximate surface area is 129 Å². The van der Waals surface area contributed by atoms with E-state index in [2.05, 4.69) is 31.9 Å². The van der Waals surface area contributed by atoms with Crippen molar-refractivity contribution in [2.24, 2.45) is 0 Å². The molecule has 0 bridgehead atoms. The van der Waals surface area contributed by atoms with Crippen molar-refractivity contribution in [1.82, 2.24) is 0 Å². The molecule has 4 heteroatoms. The minimum atomic E-state index is -0.718. The molecule has 100 valence electrons. The molecule has 2 rings (SSSR count). The smallest absolute Gasteiger partial charge is 0.125 e. The van der Waals surface area contributed by atoms with Crippen molar-refractivity contribution in [2.45, 2.75) is 13.0 Å². The molecule has 0 aliphatic carbocycles. The summed E-state index contributed by atoms with van der Waals surface area (Å²) in [5.41, 5.74) is 2.64. The molecular formula is C15H14Br2O2. The number of hydrogen-bond donors (Lipinski definition) is 1. The molecule has 1 atom stereocenters. The molecule has 0 aromatic heterocycles. The highest BCUT2D eigenvalue weighted by Crippen LogP contribution is 2.35. The van der Waals surface area contributed by atoms with Gasteiger partial charge in [0.1, 0.15) is 11.9 Å². The molecule has 0 saturated heterocycles. The lowest BCUT2D eigenvalue weighted by Gasteiger charge is -2.18. The first-order chi connectivity index (χ1) is 9.04. The van der Waals surface area contributed by atoms with E-state index in [0.29, 0.717) is 5.75 Å². The van der Waals surface area contributed by atoms with E-state index in [-0.39, 0.29) is 0 Å². The van der Waals surface area contributed by atoms with Crippen LogP contribution in [0.2, 0.25) is 0 Å². The third-order valence-corrected chi connectivity index (χ3v) is 4.44. The highest BCUT2D eigenvalue weighted by Gasteiger charge is 2.18. The molecule has 0 aliphatic rings. The third-order valence-electron chi connectivity index (χ3n) is 3.09. The fourth-order valence-corrected chi connectivity index (χ4v) is 2.77. The van der Waals surface area contributed by atoms with Crippen LogP contribution in [0, 0.1) is 6.92 Å². The molecule has 2 aromatic rings. The van der Waals surface area contributed by atoms with E-state index >= 15 is 0 Å². The van der Waals surface area contributed by atoms with E-state index < -0.39 is 6.10 Å². The molecule has 19 heavy (non-hydrogen) atoms. The zero-order valence-electron chi connectivity index (χ0n) is 10.7. The summed E-state index contributed by atoms with van der Waals surface area (Å²) >= 11 is 6.91. The number of ether oxygens (including phenoxy) is 1. The largest absolute Gasteiger partial charge is 0.496 e. The topological polar surface area (TPSA) is 29.5 Å². The zero-order chi connectivity index (χ0) is 14.0. The Morgan fingerprint density at radius 2 is 1.84 bits per heavy atom. The van der Waals surface area contributed by atoms with Gasteiger partial charge in [-0.2, -0.15) is 0 Å². The van der Waals surface area contributed by atoms with Crippen molar-refractivity contribution in [2.75, 3.05) is 7.11 Å². The van der Waals surface area contributed by atoms with Crippen LogP contribution < -0.4 is 4.74 Å². The van der Waals surface area contributed by atoms with E-state index in [4.69, 9.17) is 4.74 Å². The maximum Gasteiger partial charge on any atom is 0.125 e. The Bertz CT molecular complexity index is 597. The molecule has 0 fully saturated rings. The highest BCUT2D eigenvalue weighted by molar-refractivity contribution is 9.10. The molecule has 0 spiro atoms. The van der Waals surface area contributed by atoms with E-state index in [9.17, 15) is 5.11 Å². The fraction of sp³-hybridized carbons (Fsp3) is 0.200. The van der Waals surface area contributed by atoms with Crippen molar-refractivity contribution in [1.29, 1.82) is 0 Å². The average molecular weight is 386 g/mol. The van der Waals surface area contributed by atoms with Crippen molar-refractivity contribution in [3.63, 3.8) is 0 Å². The van der Waals surface area contributed by atoms with Gasteiger partial charge in [0, 0.05) is 14.5 Å². The van der Waals surface area contributed by atoms with Gasteiger partial charge in [-0.1, -0.05) is 44.0 Å². The molecule has 0 aliphatic heterocycles. The molecule has 2 aromatic carbocycles. The first-order valence-corrected chi connectivity index (χ1v) is 7.39. The molecular weight excluding hydrogens is 372 g/mol. The number of benzene rings is 2. The molecule has 2 nitrogen and oxygen atoms in total. The van der Waals surface area contributed by atoms with Crippen LogP contribution in [0.1, 0.15) is 22.8 Å². The monoisotopic (exact) mass is 384 g/mol. The van der Waals surface area contributed by atoms with Crippen molar-refractivity contribution in [3.05, 3.63) is 62.0 Å². The second-order valence-electron chi connectivity index (χ2n) is 4.24. The Hall–Kier alpha value is -0.840. The van der Waals surface area contributed by atoms with Gasteiger partial charge in [0.05, 0.1) is 7.11 Å². The number of aliphatic hydroxyl groups is 1. The molecule has 0 saturated carbocycles. The van der Waals surface area contributed by atoms with E-state index in [1.165, 1.54) is 0 Å². The minimum absolute atomic E-state index is 0.676. The van der Waals surface area contributed by atoms with Gasteiger partial charge < -0.3 is 9.84 Å². The molecule has 0 radical (unpaired) electrons. The van der Waals surface area contributed by atoms with Gasteiger partial charge in [-0.3, -0.25) is 0 Å². The van der Waals surface area contributed by atoms with E-state index in [0.717, 1.165) is 25.6 Å². The van der Waals surface area contributed by atoms with Crippen LogP contribution in [0.5, 0.6) is 5.75 Å².